The van der Waals surface area contributed by atoms with Crippen molar-refractivity contribution < 1.29 is 4.74 Å². The molecule has 0 radical (unpaired) electrons. The van der Waals surface area contributed by atoms with E-state index in [1.54, 1.807) is 7.05 Å². The first-order valence-electron chi connectivity index (χ1n) is 9.30. The quantitative estimate of drug-likeness (QED) is 0.411. The van der Waals surface area contributed by atoms with E-state index >= 15 is 0 Å². The average molecular weight is 358 g/mol. The maximum Gasteiger partial charge on any atom is 0.190 e. The highest BCUT2D eigenvalue weighted by Crippen LogP contribution is 2.17. The van der Waals surface area contributed by atoms with Gasteiger partial charge in [0, 0.05) is 32.4 Å². The van der Waals surface area contributed by atoms with E-state index in [2.05, 4.69) is 44.5 Å². The van der Waals surface area contributed by atoms with Gasteiger partial charge in [-0.1, -0.05) is 18.2 Å². The molecule has 0 bridgehead atoms. The number of hydrogen-bond donors (Lipinski definition) is 2. The second-order valence-electron chi connectivity index (χ2n) is 6.22. The third-order valence-corrected chi connectivity index (χ3v) is 4.13. The molecule has 1 heterocycles. The van der Waals surface area contributed by atoms with Crippen LogP contribution in [0.5, 0.6) is 5.75 Å². The Hall–Kier alpha value is -2.50. The van der Waals surface area contributed by atoms with Crippen LogP contribution in [0.25, 0.3) is 0 Å². The summed E-state index contributed by atoms with van der Waals surface area (Å²) in [6.45, 7) is 9.38. The van der Waals surface area contributed by atoms with Crippen molar-refractivity contribution in [3.8, 4) is 5.75 Å². The van der Waals surface area contributed by atoms with Crippen LogP contribution in [-0.2, 0) is 13.0 Å². The highest BCUT2D eigenvalue weighted by atomic mass is 16.5. The summed E-state index contributed by atoms with van der Waals surface area (Å²) in [6, 6.07) is 10.3. The molecule has 1 aromatic heterocycles. The van der Waals surface area contributed by atoms with E-state index in [0.717, 1.165) is 49.9 Å². The summed E-state index contributed by atoms with van der Waals surface area (Å²) in [6.07, 6.45) is 1.89. The van der Waals surface area contributed by atoms with Gasteiger partial charge < -0.3 is 15.4 Å². The van der Waals surface area contributed by atoms with Gasteiger partial charge in [0.25, 0.3) is 0 Å². The Kier molecular flexibility index (Phi) is 7.99. The molecule has 0 unspecified atom stereocenters. The number of aryl methyl sites for hydroxylation is 3. The predicted octanol–water partition coefficient (Wildman–Crippen LogP) is 2.70. The average Bonchev–Trinajstić information content (AvgIpc) is 2.96. The van der Waals surface area contributed by atoms with Crippen molar-refractivity contribution in [3.05, 3.63) is 47.3 Å². The Labute approximate surface area is 156 Å². The fraction of sp³-hybridized carbons (Fsp3) is 0.500. The predicted molar refractivity (Wildman–Crippen MR) is 107 cm³/mol. The molecule has 0 aliphatic rings. The number of nitrogens with one attached hydrogen (secondary N) is 2. The first kappa shape index (κ1) is 19.8. The van der Waals surface area contributed by atoms with Crippen LogP contribution >= 0.6 is 0 Å². The molecule has 6 heteroatoms. The summed E-state index contributed by atoms with van der Waals surface area (Å²) in [5.41, 5.74) is 3.49. The molecule has 1 aromatic carbocycles. The summed E-state index contributed by atoms with van der Waals surface area (Å²) >= 11 is 0. The zero-order chi connectivity index (χ0) is 18.8. The van der Waals surface area contributed by atoms with E-state index in [1.807, 2.05) is 32.0 Å². The molecule has 0 fully saturated rings. The van der Waals surface area contributed by atoms with Crippen molar-refractivity contribution in [2.75, 3.05) is 26.7 Å². The lowest BCUT2D eigenvalue weighted by molar-refractivity contribution is 0.336. The zero-order valence-corrected chi connectivity index (χ0v) is 16.4. The van der Waals surface area contributed by atoms with Gasteiger partial charge in [0.15, 0.2) is 5.96 Å². The molecule has 0 aliphatic heterocycles. The van der Waals surface area contributed by atoms with Gasteiger partial charge in [0.1, 0.15) is 5.75 Å². The minimum Gasteiger partial charge on any atom is -0.494 e. The SMILES string of the molecule is CCOc1ccccc1CCNC(=NC)NCCCn1nc(C)cc1C. The summed E-state index contributed by atoms with van der Waals surface area (Å²) in [5, 5.41) is 11.2. The molecule has 0 saturated carbocycles. The molecule has 0 saturated heterocycles. The van der Waals surface area contributed by atoms with E-state index in [4.69, 9.17) is 4.74 Å². The van der Waals surface area contributed by atoms with Gasteiger partial charge in [-0.2, -0.15) is 5.10 Å². The lowest BCUT2D eigenvalue weighted by Crippen LogP contribution is -2.39. The molecular weight excluding hydrogens is 326 g/mol. The van der Waals surface area contributed by atoms with Gasteiger partial charge in [-0.15, -0.1) is 0 Å². The van der Waals surface area contributed by atoms with Gasteiger partial charge in [0.05, 0.1) is 12.3 Å². The highest BCUT2D eigenvalue weighted by molar-refractivity contribution is 5.79. The molecule has 2 N–H and O–H groups in total. The molecule has 26 heavy (non-hydrogen) atoms. The van der Waals surface area contributed by atoms with Crippen LogP contribution in [0.2, 0.25) is 0 Å². The number of hydrogen-bond acceptors (Lipinski definition) is 3. The summed E-state index contributed by atoms with van der Waals surface area (Å²) < 4.78 is 7.73. The first-order valence-corrected chi connectivity index (χ1v) is 9.30. The van der Waals surface area contributed by atoms with E-state index < -0.39 is 0 Å². The molecule has 0 aliphatic carbocycles. The van der Waals surface area contributed by atoms with Crippen LogP contribution < -0.4 is 15.4 Å². The summed E-state index contributed by atoms with van der Waals surface area (Å²) in [5.74, 6) is 1.79. The van der Waals surface area contributed by atoms with Gasteiger partial charge in [-0.3, -0.25) is 9.67 Å². The second kappa shape index (κ2) is 10.5. The number of para-hydroxylation sites is 1. The van der Waals surface area contributed by atoms with Crippen LogP contribution in [0.15, 0.2) is 35.3 Å². The molecule has 142 valence electrons. The Balaban J connectivity index is 1.70. The normalized spacial score (nSPS) is 11.5. The van der Waals surface area contributed by atoms with Gasteiger partial charge in [0.2, 0.25) is 0 Å². The monoisotopic (exact) mass is 357 g/mol. The lowest BCUT2D eigenvalue weighted by Gasteiger charge is -2.13. The number of aliphatic imine (C=N–C) groups is 1. The summed E-state index contributed by atoms with van der Waals surface area (Å²) in [4.78, 5) is 4.28. The van der Waals surface area contributed by atoms with E-state index in [0.29, 0.717) is 6.61 Å². The largest absolute Gasteiger partial charge is 0.494 e. The van der Waals surface area contributed by atoms with Crippen molar-refractivity contribution in [1.29, 1.82) is 0 Å². The van der Waals surface area contributed by atoms with Crippen molar-refractivity contribution in [2.24, 2.45) is 4.99 Å². The number of guanidine groups is 1. The molecule has 0 atom stereocenters. The zero-order valence-electron chi connectivity index (χ0n) is 16.4. The third kappa shape index (κ3) is 6.10. The molecule has 0 spiro atoms. The van der Waals surface area contributed by atoms with Crippen LogP contribution in [0.4, 0.5) is 0 Å². The minimum absolute atomic E-state index is 0.683. The fourth-order valence-electron chi connectivity index (χ4n) is 2.88. The first-order chi connectivity index (χ1) is 12.6. The topological polar surface area (TPSA) is 63.5 Å². The number of ether oxygens (including phenoxy) is 1. The molecular formula is C20H31N5O. The number of aromatic nitrogens is 2. The van der Waals surface area contributed by atoms with Crippen molar-refractivity contribution in [1.82, 2.24) is 20.4 Å². The number of benzene rings is 1. The van der Waals surface area contributed by atoms with Crippen LogP contribution in [-0.4, -0.2) is 42.5 Å². The standard InChI is InChI=1S/C20H31N5O/c1-5-26-19-10-7-6-9-18(19)11-13-23-20(21-4)22-12-8-14-25-17(3)15-16(2)24-25/h6-7,9-10,15H,5,8,11-14H2,1-4H3,(H2,21,22,23). The third-order valence-electron chi connectivity index (χ3n) is 4.13. The van der Waals surface area contributed by atoms with Gasteiger partial charge in [-0.05, 0) is 51.3 Å². The van der Waals surface area contributed by atoms with Gasteiger partial charge in [-0.25, -0.2) is 0 Å². The Morgan fingerprint density at radius 1 is 1.19 bits per heavy atom. The van der Waals surface area contributed by atoms with Gasteiger partial charge >= 0.3 is 0 Å². The molecule has 6 nitrogen and oxygen atoms in total. The summed E-state index contributed by atoms with van der Waals surface area (Å²) in [7, 11) is 1.80. The second-order valence-corrected chi connectivity index (χ2v) is 6.22. The smallest absolute Gasteiger partial charge is 0.190 e. The van der Waals surface area contributed by atoms with E-state index in [9.17, 15) is 0 Å². The number of nitrogens with zero attached hydrogens (tertiary/aromatic N) is 3. The van der Waals surface area contributed by atoms with Crippen molar-refractivity contribution >= 4 is 5.96 Å². The van der Waals surface area contributed by atoms with E-state index in [1.165, 1.54) is 11.3 Å². The van der Waals surface area contributed by atoms with Crippen LogP contribution in [0.3, 0.4) is 0 Å². The van der Waals surface area contributed by atoms with E-state index in [-0.39, 0.29) is 0 Å². The van der Waals surface area contributed by atoms with Crippen LogP contribution in [0, 0.1) is 13.8 Å². The number of rotatable bonds is 9. The Bertz CT molecular complexity index is 708. The molecule has 2 aromatic rings. The fourth-order valence-corrected chi connectivity index (χ4v) is 2.88. The van der Waals surface area contributed by atoms with Crippen molar-refractivity contribution in [2.45, 2.75) is 40.2 Å². The maximum absolute atomic E-state index is 5.67. The Morgan fingerprint density at radius 2 is 1.96 bits per heavy atom. The lowest BCUT2D eigenvalue weighted by atomic mass is 10.1. The van der Waals surface area contributed by atoms with Crippen molar-refractivity contribution in [3.63, 3.8) is 0 Å². The highest BCUT2D eigenvalue weighted by Gasteiger charge is 2.04. The molecule has 2 rings (SSSR count). The maximum atomic E-state index is 5.67. The molecule has 0 amide bonds. The minimum atomic E-state index is 0.683. The Morgan fingerprint density at radius 3 is 2.65 bits per heavy atom. The van der Waals surface area contributed by atoms with Crippen LogP contribution in [0.1, 0.15) is 30.3 Å².